The summed E-state index contributed by atoms with van der Waals surface area (Å²) in [5.41, 5.74) is 1.55. The summed E-state index contributed by atoms with van der Waals surface area (Å²) >= 11 is 11.9. The normalized spacial score (nSPS) is 11.4. The van der Waals surface area contributed by atoms with Crippen LogP contribution in [0.25, 0.3) is 6.08 Å². The molecular formula is C21H16Cl2N2O3S. The average Bonchev–Trinajstić information content (AvgIpc) is 2.71. The number of hydrogen-bond donors (Lipinski definition) is 2. The Bertz CT molecular complexity index is 1150. The minimum atomic E-state index is -3.86. The first kappa shape index (κ1) is 20.9. The van der Waals surface area contributed by atoms with Crippen molar-refractivity contribution in [1.29, 1.82) is 0 Å². The van der Waals surface area contributed by atoms with Crippen molar-refractivity contribution in [2.45, 2.75) is 4.90 Å². The highest BCUT2D eigenvalue weighted by atomic mass is 35.5. The van der Waals surface area contributed by atoms with E-state index in [1.165, 1.54) is 36.4 Å². The lowest BCUT2D eigenvalue weighted by molar-refractivity contribution is -0.111. The second-order valence-electron chi connectivity index (χ2n) is 5.96. The number of carbonyl (C=O) groups is 1. The van der Waals surface area contributed by atoms with E-state index in [1.54, 1.807) is 18.2 Å². The van der Waals surface area contributed by atoms with Crippen molar-refractivity contribution >= 4 is 56.6 Å². The predicted molar refractivity (Wildman–Crippen MR) is 118 cm³/mol. The van der Waals surface area contributed by atoms with Crippen LogP contribution in [0.1, 0.15) is 5.56 Å². The van der Waals surface area contributed by atoms with Gasteiger partial charge in [0.05, 0.1) is 20.6 Å². The van der Waals surface area contributed by atoms with Crippen LogP contribution in [-0.4, -0.2) is 14.3 Å². The number of carbonyl (C=O) groups excluding carboxylic acids is 1. The summed E-state index contributed by atoms with van der Waals surface area (Å²) in [4.78, 5) is 12.0. The highest BCUT2D eigenvalue weighted by Gasteiger charge is 2.16. The van der Waals surface area contributed by atoms with Gasteiger partial charge in [-0.1, -0.05) is 59.6 Å². The monoisotopic (exact) mass is 446 g/mol. The van der Waals surface area contributed by atoms with E-state index in [-0.39, 0.29) is 26.5 Å². The molecule has 3 aromatic carbocycles. The lowest BCUT2D eigenvalue weighted by atomic mass is 10.2. The predicted octanol–water partition coefficient (Wildman–Crippen LogP) is 5.45. The molecule has 3 rings (SSSR count). The quantitative estimate of drug-likeness (QED) is 0.494. The Kier molecular flexibility index (Phi) is 6.59. The zero-order valence-corrected chi connectivity index (χ0v) is 17.3. The van der Waals surface area contributed by atoms with Gasteiger partial charge in [0.2, 0.25) is 5.91 Å². The molecule has 1 amide bonds. The van der Waals surface area contributed by atoms with Crippen LogP contribution in [-0.2, 0) is 14.8 Å². The number of anilines is 2. The fourth-order valence-corrected chi connectivity index (χ4v) is 3.90. The SMILES string of the molecule is O=C(/C=C/c1ccccc1)Nc1ccc(S(=O)(=O)Nc2cccc(Cl)c2Cl)cc1. The third kappa shape index (κ3) is 5.60. The standard InChI is InChI=1S/C21H16Cl2N2O3S/c22-18-7-4-8-19(21(18)23)25-29(27,28)17-12-10-16(11-13-17)24-20(26)14-9-15-5-2-1-3-6-15/h1-14,25H,(H,24,26)/b14-9+. The Morgan fingerprint density at radius 1 is 0.862 bits per heavy atom. The number of benzene rings is 3. The molecule has 0 bridgehead atoms. The number of nitrogens with one attached hydrogen (secondary N) is 2. The van der Waals surface area contributed by atoms with Gasteiger partial charge in [-0.3, -0.25) is 9.52 Å². The lowest BCUT2D eigenvalue weighted by Gasteiger charge is -2.11. The molecule has 0 saturated carbocycles. The fraction of sp³-hybridized carbons (Fsp3) is 0. The fourth-order valence-electron chi connectivity index (χ4n) is 2.42. The van der Waals surface area contributed by atoms with Gasteiger partial charge in [0.1, 0.15) is 0 Å². The van der Waals surface area contributed by atoms with Crippen molar-refractivity contribution in [3.05, 3.63) is 94.5 Å². The third-order valence-corrected chi connectivity index (χ3v) is 6.06. The van der Waals surface area contributed by atoms with Crippen LogP contribution < -0.4 is 10.0 Å². The van der Waals surface area contributed by atoms with Crippen LogP contribution in [0.4, 0.5) is 11.4 Å². The first-order valence-electron chi connectivity index (χ1n) is 8.46. The number of hydrogen-bond acceptors (Lipinski definition) is 3. The van der Waals surface area contributed by atoms with Crippen molar-refractivity contribution in [2.75, 3.05) is 10.0 Å². The van der Waals surface area contributed by atoms with E-state index in [0.717, 1.165) is 5.56 Å². The van der Waals surface area contributed by atoms with Crippen molar-refractivity contribution < 1.29 is 13.2 Å². The van der Waals surface area contributed by atoms with Gasteiger partial charge < -0.3 is 5.32 Å². The third-order valence-electron chi connectivity index (χ3n) is 3.85. The topological polar surface area (TPSA) is 75.3 Å². The van der Waals surface area contributed by atoms with Gasteiger partial charge in [-0.05, 0) is 48.0 Å². The largest absolute Gasteiger partial charge is 0.323 e. The van der Waals surface area contributed by atoms with E-state index >= 15 is 0 Å². The van der Waals surface area contributed by atoms with Gasteiger partial charge in [0.15, 0.2) is 0 Å². The second-order valence-corrected chi connectivity index (χ2v) is 8.43. The van der Waals surface area contributed by atoms with Crippen LogP contribution in [0, 0.1) is 0 Å². The van der Waals surface area contributed by atoms with Crippen molar-refractivity contribution in [2.24, 2.45) is 0 Å². The van der Waals surface area contributed by atoms with Crippen molar-refractivity contribution in [3.8, 4) is 0 Å². The Hall–Kier alpha value is -2.80. The number of sulfonamides is 1. The molecular weight excluding hydrogens is 431 g/mol. The summed E-state index contributed by atoms with van der Waals surface area (Å²) in [6.45, 7) is 0. The summed E-state index contributed by atoms with van der Waals surface area (Å²) in [5.74, 6) is -0.326. The summed E-state index contributed by atoms with van der Waals surface area (Å²) in [5, 5.41) is 3.04. The average molecular weight is 447 g/mol. The molecule has 5 nitrogen and oxygen atoms in total. The van der Waals surface area contributed by atoms with E-state index in [1.807, 2.05) is 30.3 Å². The molecule has 0 aliphatic carbocycles. The van der Waals surface area contributed by atoms with Crippen molar-refractivity contribution in [3.63, 3.8) is 0 Å². The summed E-state index contributed by atoms with van der Waals surface area (Å²) in [7, 11) is -3.86. The minimum Gasteiger partial charge on any atom is -0.323 e. The van der Waals surface area contributed by atoms with E-state index in [0.29, 0.717) is 5.69 Å². The Balaban J connectivity index is 1.68. The van der Waals surface area contributed by atoms with Gasteiger partial charge in [-0.2, -0.15) is 0 Å². The van der Waals surface area contributed by atoms with E-state index < -0.39 is 10.0 Å². The minimum absolute atomic E-state index is 0.0198. The molecule has 0 fully saturated rings. The molecule has 0 heterocycles. The lowest BCUT2D eigenvalue weighted by Crippen LogP contribution is -2.13. The molecule has 2 N–H and O–H groups in total. The van der Waals surface area contributed by atoms with Crippen LogP contribution >= 0.6 is 23.2 Å². The van der Waals surface area contributed by atoms with Gasteiger partial charge in [-0.25, -0.2) is 8.42 Å². The Morgan fingerprint density at radius 2 is 1.55 bits per heavy atom. The maximum absolute atomic E-state index is 12.5. The maximum atomic E-state index is 12.5. The number of halogens is 2. The van der Waals surface area contributed by atoms with E-state index in [4.69, 9.17) is 23.2 Å². The first-order valence-corrected chi connectivity index (χ1v) is 10.7. The smallest absolute Gasteiger partial charge is 0.261 e. The van der Waals surface area contributed by atoms with E-state index in [2.05, 4.69) is 10.0 Å². The second kappa shape index (κ2) is 9.13. The van der Waals surface area contributed by atoms with Crippen LogP contribution in [0.3, 0.4) is 0 Å². The number of amides is 1. The first-order chi connectivity index (χ1) is 13.8. The van der Waals surface area contributed by atoms with Crippen LogP contribution in [0.15, 0.2) is 83.8 Å². The molecule has 0 unspecified atom stereocenters. The van der Waals surface area contributed by atoms with Gasteiger partial charge in [0.25, 0.3) is 10.0 Å². The summed E-state index contributed by atoms with van der Waals surface area (Å²) in [6, 6.07) is 19.8. The molecule has 0 radical (unpaired) electrons. The Labute approximate surface area is 179 Å². The Morgan fingerprint density at radius 3 is 2.24 bits per heavy atom. The summed E-state index contributed by atoms with van der Waals surface area (Å²) < 4.78 is 27.5. The molecule has 0 spiro atoms. The number of rotatable bonds is 6. The van der Waals surface area contributed by atoms with Crippen LogP contribution in [0.5, 0.6) is 0 Å². The van der Waals surface area contributed by atoms with Crippen LogP contribution in [0.2, 0.25) is 10.0 Å². The molecule has 148 valence electrons. The molecule has 0 saturated heterocycles. The molecule has 0 atom stereocenters. The molecule has 0 aromatic heterocycles. The molecule has 0 aliphatic heterocycles. The molecule has 3 aromatic rings. The zero-order valence-electron chi connectivity index (χ0n) is 15.0. The maximum Gasteiger partial charge on any atom is 0.261 e. The van der Waals surface area contributed by atoms with Gasteiger partial charge in [0, 0.05) is 11.8 Å². The molecule has 8 heteroatoms. The highest BCUT2D eigenvalue weighted by Crippen LogP contribution is 2.31. The van der Waals surface area contributed by atoms with Gasteiger partial charge in [-0.15, -0.1) is 0 Å². The van der Waals surface area contributed by atoms with Crippen molar-refractivity contribution in [1.82, 2.24) is 0 Å². The van der Waals surface area contributed by atoms with Gasteiger partial charge >= 0.3 is 0 Å². The zero-order chi connectivity index (χ0) is 20.9. The summed E-state index contributed by atoms with van der Waals surface area (Å²) in [6.07, 6.45) is 3.09. The molecule has 29 heavy (non-hydrogen) atoms. The van der Waals surface area contributed by atoms with E-state index in [9.17, 15) is 13.2 Å². The highest BCUT2D eigenvalue weighted by molar-refractivity contribution is 7.92. The molecule has 0 aliphatic rings.